The summed E-state index contributed by atoms with van der Waals surface area (Å²) in [4.78, 5) is 26.8. The highest BCUT2D eigenvalue weighted by Gasteiger charge is 2.33. The third-order valence-corrected chi connectivity index (χ3v) is 6.22. The van der Waals surface area contributed by atoms with Crippen LogP contribution in [-0.2, 0) is 15.8 Å². The molecule has 1 fully saturated rings. The summed E-state index contributed by atoms with van der Waals surface area (Å²) in [6.45, 7) is -0.475. The lowest BCUT2D eigenvalue weighted by Crippen LogP contribution is -2.27. The van der Waals surface area contributed by atoms with Gasteiger partial charge < -0.3 is 10.1 Å². The molecule has 36 heavy (non-hydrogen) atoms. The number of hydrogen-bond donors (Lipinski definition) is 1. The molecule has 4 rings (SSSR count). The van der Waals surface area contributed by atoms with Crippen LogP contribution in [0.1, 0.15) is 11.1 Å². The predicted molar refractivity (Wildman–Crippen MR) is 134 cm³/mol. The third-order valence-electron chi connectivity index (χ3n) is 4.92. The van der Waals surface area contributed by atoms with Gasteiger partial charge in [0.15, 0.2) is 10.9 Å². The van der Waals surface area contributed by atoms with E-state index >= 15 is 0 Å². The third kappa shape index (κ3) is 5.92. The van der Waals surface area contributed by atoms with Crippen molar-refractivity contribution >= 4 is 57.6 Å². The largest absolute Gasteiger partial charge is 0.483 e. The molecule has 0 aliphatic carbocycles. The fourth-order valence-electron chi connectivity index (χ4n) is 3.27. The number of carbonyl (C=O) groups excluding carboxylic acids is 2. The molecule has 3 aromatic carbocycles. The Kier molecular flexibility index (Phi) is 7.41. The van der Waals surface area contributed by atoms with Crippen LogP contribution < -0.4 is 15.0 Å². The Morgan fingerprint density at radius 2 is 1.78 bits per heavy atom. The van der Waals surface area contributed by atoms with E-state index < -0.39 is 36.0 Å². The minimum atomic E-state index is -4.53. The number of nitrogens with zero attached hydrogens (tertiary/aromatic N) is 1. The standard InChI is InChI=1S/C25H16F4N2O3S2/c26-17-8-10-19(11-9-17)31-23(33)21(36-24(31)35)12-15-4-1-2-7-20(15)34-14-22(32)30-18-6-3-5-16(13-18)25(27,28)29/h1-13H,14H2,(H,30,32)/b21-12-. The summed E-state index contributed by atoms with van der Waals surface area (Å²) in [5.74, 6) is -1.22. The molecule has 0 saturated carbocycles. The summed E-state index contributed by atoms with van der Waals surface area (Å²) in [6, 6.07) is 16.2. The number of amides is 2. The lowest BCUT2D eigenvalue weighted by molar-refractivity contribution is -0.137. The summed E-state index contributed by atoms with van der Waals surface area (Å²) < 4.78 is 57.7. The quantitative estimate of drug-likeness (QED) is 0.231. The number of alkyl halides is 3. The molecule has 3 aromatic rings. The van der Waals surface area contributed by atoms with Crippen LogP contribution in [0.25, 0.3) is 6.08 Å². The molecule has 5 nitrogen and oxygen atoms in total. The highest BCUT2D eigenvalue weighted by molar-refractivity contribution is 8.27. The van der Waals surface area contributed by atoms with E-state index in [9.17, 15) is 27.2 Å². The number of benzene rings is 3. The molecule has 184 valence electrons. The van der Waals surface area contributed by atoms with E-state index in [1.807, 2.05) is 0 Å². The molecule has 1 aliphatic heterocycles. The van der Waals surface area contributed by atoms with E-state index in [4.69, 9.17) is 17.0 Å². The number of halogens is 4. The van der Waals surface area contributed by atoms with Crippen molar-refractivity contribution in [2.24, 2.45) is 0 Å². The van der Waals surface area contributed by atoms with Crippen LogP contribution in [0.3, 0.4) is 0 Å². The Hall–Kier alpha value is -3.70. The number of anilines is 2. The van der Waals surface area contributed by atoms with Crippen LogP contribution in [0.4, 0.5) is 28.9 Å². The van der Waals surface area contributed by atoms with Crippen LogP contribution in [0, 0.1) is 5.82 Å². The minimum Gasteiger partial charge on any atom is -0.483 e. The number of rotatable bonds is 6. The molecule has 1 N–H and O–H groups in total. The van der Waals surface area contributed by atoms with E-state index in [1.54, 1.807) is 30.3 Å². The summed E-state index contributed by atoms with van der Waals surface area (Å²) in [7, 11) is 0. The molecule has 1 aliphatic rings. The molecule has 0 spiro atoms. The van der Waals surface area contributed by atoms with Gasteiger partial charge in [0.05, 0.1) is 16.2 Å². The first-order chi connectivity index (χ1) is 17.1. The Labute approximate surface area is 212 Å². The van der Waals surface area contributed by atoms with Gasteiger partial charge in [-0.05, 0) is 54.6 Å². The average molecular weight is 533 g/mol. The van der Waals surface area contributed by atoms with Crippen molar-refractivity contribution in [3.63, 3.8) is 0 Å². The van der Waals surface area contributed by atoms with Crippen molar-refractivity contribution in [3.8, 4) is 5.75 Å². The summed E-state index contributed by atoms with van der Waals surface area (Å²) in [5.41, 5.74) is 0.0165. The molecule has 0 unspecified atom stereocenters. The zero-order chi connectivity index (χ0) is 25.9. The van der Waals surface area contributed by atoms with Crippen LogP contribution in [0.2, 0.25) is 0 Å². The zero-order valence-corrected chi connectivity index (χ0v) is 19.8. The second-order valence-corrected chi connectivity index (χ2v) is 9.12. The van der Waals surface area contributed by atoms with Gasteiger partial charge in [-0.15, -0.1) is 0 Å². The van der Waals surface area contributed by atoms with Crippen LogP contribution in [0.5, 0.6) is 5.75 Å². The van der Waals surface area contributed by atoms with E-state index in [0.717, 1.165) is 23.9 Å². The maximum atomic E-state index is 13.3. The van der Waals surface area contributed by atoms with Crippen molar-refractivity contribution in [3.05, 3.63) is 94.6 Å². The second kappa shape index (κ2) is 10.5. The van der Waals surface area contributed by atoms with Gasteiger partial charge in [0.2, 0.25) is 0 Å². The second-order valence-electron chi connectivity index (χ2n) is 7.45. The van der Waals surface area contributed by atoms with Crippen molar-refractivity contribution in [1.82, 2.24) is 0 Å². The fraction of sp³-hybridized carbons (Fsp3) is 0.0800. The fourth-order valence-corrected chi connectivity index (χ4v) is 4.56. The van der Waals surface area contributed by atoms with Crippen molar-refractivity contribution in [2.75, 3.05) is 16.8 Å². The van der Waals surface area contributed by atoms with Crippen LogP contribution in [0.15, 0.2) is 77.7 Å². The van der Waals surface area contributed by atoms with E-state index in [2.05, 4.69) is 5.32 Å². The number of ether oxygens (including phenoxy) is 1. The number of hydrogen-bond acceptors (Lipinski definition) is 5. The van der Waals surface area contributed by atoms with Gasteiger partial charge in [0, 0.05) is 11.3 Å². The zero-order valence-electron chi connectivity index (χ0n) is 18.2. The van der Waals surface area contributed by atoms with E-state index in [0.29, 0.717) is 16.2 Å². The molecule has 0 bridgehead atoms. The van der Waals surface area contributed by atoms with Crippen molar-refractivity contribution in [1.29, 1.82) is 0 Å². The first-order valence-corrected chi connectivity index (χ1v) is 11.6. The van der Waals surface area contributed by atoms with E-state index in [-0.39, 0.29) is 15.8 Å². The number of nitrogens with one attached hydrogen (secondary N) is 1. The number of thiocarbonyl (C=S) groups is 1. The first-order valence-electron chi connectivity index (χ1n) is 10.3. The Bertz CT molecular complexity index is 1360. The lowest BCUT2D eigenvalue weighted by Gasteiger charge is -2.14. The van der Waals surface area contributed by atoms with Gasteiger partial charge in [0.25, 0.3) is 11.8 Å². The van der Waals surface area contributed by atoms with Crippen LogP contribution >= 0.6 is 24.0 Å². The van der Waals surface area contributed by atoms with Gasteiger partial charge >= 0.3 is 6.18 Å². The van der Waals surface area contributed by atoms with Gasteiger partial charge in [-0.2, -0.15) is 13.2 Å². The predicted octanol–water partition coefficient (Wildman–Crippen LogP) is 6.27. The number of thioether (sulfide) groups is 1. The molecule has 1 heterocycles. The molecular weight excluding hydrogens is 516 g/mol. The van der Waals surface area contributed by atoms with Crippen LogP contribution in [-0.4, -0.2) is 22.7 Å². The Morgan fingerprint density at radius 3 is 2.50 bits per heavy atom. The maximum Gasteiger partial charge on any atom is 0.416 e. The van der Waals surface area contributed by atoms with Gasteiger partial charge in [-0.1, -0.05) is 48.2 Å². The molecule has 0 aromatic heterocycles. The summed E-state index contributed by atoms with van der Waals surface area (Å²) >= 11 is 6.38. The lowest BCUT2D eigenvalue weighted by atomic mass is 10.2. The SMILES string of the molecule is O=C(COc1ccccc1/C=C1\SC(=S)N(c2ccc(F)cc2)C1=O)Nc1cccc(C(F)(F)F)c1. The molecule has 2 amide bonds. The first kappa shape index (κ1) is 25.4. The number of para-hydroxylation sites is 1. The Balaban J connectivity index is 1.46. The Morgan fingerprint density at radius 1 is 1.06 bits per heavy atom. The van der Waals surface area contributed by atoms with Crippen molar-refractivity contribution < 1.29 is 31.9 Å². The number of carbonyl (C=O) groups is 2. The minimum absolute atomic E-state index is 0.0174. The van der Waals surface area contributed by atoms with Gasteiger partial charge in [-0.25, -0.2) is 4.39 Å². The smallest absolute Gasteiger partial charge is 0.416 e. The summed E-state index contributed by atoms with van der Waals surface area (Å²) in [5, 5.41) is 2.37. The average Bonchev–Trinajstić information content (AvgIpc) is 3.11. The molecule has 11 heteroatoms. The molecule has 0 atom stereocenters. The van der Waals surface area contributed by atoms with Crippen molar-refractivity contribution in [2.45, 2.75) is 6.18 Å². The molecule has 1 saturated heterocycles. The molecular formula is C25H16F4N2O3S2. The normalized spacial score (nSPS) is 14.9. The highest BCUT2D eigenvalue weighted by Crippen LogP contribution is 2.37. The van der Waals surface area contributed by atoms with Gasteiger partial charge in [-0.3, -0.25) is 14.5 Å². The topological polar surface area (TPSA) is 58.6 Å². The highest BCUT2D eigenvalue weighted by atomic mass is 32.2. The monoisotopic (exact) mass is 532 g/mol. The maximum absolute atomic E-state index is 13.3. The van der Waals surface area contributed by atoms with E-state index in [1.165, 1.54) is 41.3 Å². The summed E-state index contributed by atoms with van der Waals surface area (Å²) in [6.07, 6.45) is -2.98. The molecule has 0 radical (unpaired) electrons. The van der Waals surface area contributed by atoms with Gasteiger partial charge in [0.1, 0.15) is 11.6 Å².